The van der Waals surface area contributed by atoms with Crippen LogP contribution in [0.4, 0.5) is 0 Å². The van der Waals surface area contributed by atoms with Gasteiger partial charge in [-0.1, -0.05) is 29.8 Å². The molecule has 2 nitrogen and oxygen atoms in total. The first-order valence-corrected chi connectivity index (χ1v) is 5.98. The predicted octanol–water partition coefficient (Wildman–Crippen LogP) is 2.04. The molecule has 0 atom stereocenters. The molecule has 2 heteroatoms. The van der Waals surface area contributed by atoms with Gasteiger partial charge in [-0.2, -0.15) is 0 Å². The fourth-order valence-corrected chi connectivity index (χ4v) is 2.97. The first-order valence-electron chi connectivity index (χ1n) is 5.98. The smallest absolute Gasteiger partial charge is 0.0591 e. The molecule has 0 spiro atoms. The highest BCUT2D eigenvalue weighted by atomic mass is 16.5. The number of hydrogen-bond acceptors (Lipinski definition) is 2. The summed E-state index contributed by atoms with van der Waals surface area (Å²) in [6.07, 6.45) is 2.28. The first-order chi connectivity index (χ1) is 7.72. The van der Waals surface area contributed by atoms with Crippen molar-refractivity contribution in [2.75, 3.05) is 19.8 Å². The van der Waals surface area contributed by atoms with Gasteiger partial charge in [-0.15, -0.1) is 0 Å². The zero-order valence-corrected chi connectivity index (χ0v) is 9.70. The maximum atomic E-state index is 9.63. The zero-order valence-electron chi connectivity index (χ0n) is 9.70. The van der Waals surface area contributed by atoms with Crippen molar-refractivity contribution in [1.82, 2.24) is 0 Å². The predicted molar refractivity (Wildman–Crippen MR) is 62.4 cm³/mol. The Morgan fingerprint density at radius 1 is 1.31 bits per heavy atom. The van der Waals surface area contributed by atoms with Crippen LogP contribution in [0.5, 0.6) is 0 Å². The van der Waals surface area contributed by atoms with Gasteiger partial charge in [0, 0.05) is 17.4 Å². The highest BCUT2D eigenvalue weighted by Gasteiger charge is 2.63. The van der Waals surface area contributed by atoms with Gasteiger partial charge >= 0.3 is 0 Å². The second kappa shape index (κ2) is 3.31. The molecule has 1 saturated heterocycles. The van der Waals surface area contributed by atoms with E-state index in [0.717, 1.165) is 26.1 Å². The van der Waals surface area contributed by atoms with Gasteiger partial charge in [-0.25, -0.2) is 0 Å². The van der Waals surface area contributed by atoms with Gasteiger partial charge in [-0.05, 0) is 25.3 Å². The Balaban J connectivity index is 2.02. The van der Waals surface area contributed by atoms with E-state index < -0.39 is 0 Å². The minimum absolute atomic E-state index is 0.0910. The third-order valence-corrected chi connectivity index (χ3v) is 4.44. The summed E-state index contributed by atoms with van der Waals surface area (Å²) in [5, 5.41) is 9.63. The van der Waals surface area contributed by atoms with Gasteiger partial charge in [-0.3, -0.25) is 0 Å². The summed E-state index contributed by atoms with van der Waals surface area (Å²) < 4.78 is 5.45. The number of aliphatic hydroxyl groups excluding tert-OH is 1. The van der Waals surface area contributed by atoms with Crippen LogP contribution in [-0.2, 0) is 10.2 Å². The van der Waals surface area contributed by atoms with Crippen LogP contribution in [-0.4, -0.2) is 24.9 Å². The van der Waals surface area contributed by atoms with E-state index in [1.807, 2.05) is 0 Å². The highest BCUT2D eigenvalue weighted by molar-refractivity contribution is 5.37. The Hall–Kier alpha value is -0.860. The lowest BCUT2D eigenvalue weighted by molar-refractivity contribution is -0.110. The summed E-state index contributed by atoms with van der Waals surface area (Å²) in [7, 11) is 0. The Morgan fingerprint density at radius 2 is 2.06 bits per heavy atom. The summed E-state index contributed by atoms with van der Waals surface area (Å²) >= 11 is 0. The number of aryl methyl sites for hydroxylation is 1. The van der Waals surface area contributed by atoms with Crippen LogP contribution >= 0.6 is 0 Å². The molecule has 2 fully saturated rings. The molecule has 1 aliphatic carbocycles. The lowest BCUT2D eigenvalue weighted by Crippen LogP contribution is -2.55. The largest absolute Gasteiger partial charge is 0.396 e. The SMILES string of the molecule is Cc1cccc(C2(C3(CO)CC3)COC2)c1. The third kappa shape index (κ3) is 1.20. The lowest BCUT2D eigenvalue weighted by atomic mass is 9.66. The molecule has 0 radical (unpaired) electrons. The second-order valence-corrected chi connectivity index (χ2v) is 5.38. The molecule has 1 heterocycles. The van der Waals surface area contributed by atoms with E-state index in [2.05, 4.69) is 31.2 Å². The monoisotopic (exact) mass is 218 g/mol. The van der Waals surface area contributed by atoms with Crippen molar-refractivity contribution >= 4 is 0 Å². The van der Waals surface area contributed by atoms with Crippen molar-refractivity contribution < 1.29 is 9.84 Å². The topological polar surface area (TPSA) is 29.5 Å². The van der Waals surface area contributed by atoms with Gasteiger partial charge in [0.15, 0.2) is 0 Å². The van der Waals surface area contributed by atoms with Crippen molar-refractivity contribution in [2.45, 2.75) is 25.2 Å². The quantitative estimate of drug-likeness (QED) is 0.841. The van der Waals surface area contributed by atoms with E-state index in [1.165, 1.54) is 11.1 Å². The van der Waals surface area contributed by atoms with E-state index in [1.54, 1.807) is 0 Å². The number of ether oxygens (including phenoxy) is 1. The molecular formula is C14H18O2. The molecule has 0 bridgehead atoms. The van der Waals surface area contributed by atoms with Gasteiger partial charge in [0.1, 0.15) is 0 Å². The molecule has 1 aliphatic heterocycles. The Kier molecular flexibility index (Phi) is 2.13. The zero-order chi connectivity index (χ0) is 11.2. The summed E-state index contributed by atoms with van der Waals surface area (Å²) in [4.78, 5) is 0. The number of hydrogen-bond donors (Lipinski definition) is 1. The molecule has 16 heavy (non-hydrogen) atoms. The average Bonchev–Trinajstić information content (AvgIpc) is 2.98. The van der Waals surface area contributed by atoms with Crippen molar-refractivity contribution in [1.29, 1.82) is 0 Å². The Morgan fingerprint density at radius 3 is 2.50 bits per heavy atom. The van der Waals surface area contributed by atoms with Crippen LogP contribution < -0.4 is 0 Å². The number of rotatable bonds is 3. The summed E-state index contributed by atoms with van der Waals surface area (Å²) in [5.74, 6) is 0. The minimum Gasteiger partial charge on any atom is -0.396 e. The van der Waals surface area contributed by atoms with E-state index in [-0.39, 0.29) is 10.8 Å². The molecule has 0 unspecified atom stereocenters. The van der Waals surface area contributed by atoms with Crippen LogP contribution in [0.15, 0.2) is 24.3 Å². The van der Waals surface area contributed by atoms with Gasteiger partial charge in [0.2, 0.25) is 0 Å². The molecule has 1 aromatic rings. The second-order valence-electron chi connectivity index (χ2n) is 5.38. The van der Waals surface area contributed by atoms with Crippen molar-refractivity contribution in [3.05, 3.63) is 35.4 Å². The normalized spacial score (nSPS) is 24.9. The van der Waals surface area contributed by atoms with Gasteiger partial charge in [0.25, 0.3) is 0 Å². The van der Waals surface area contributed by atoms with Crippen LogP contribution in [0.2, 0.25) is 0 Å². The van der Waals surface area contributed by atoms with Crippen molar-refractivity contribution in [2.24, 2.45) is 5.41 Å². The summed E-state index contributed by atoms with van der Waals surface area (Å²) in [5.41, 5.74) is 2.84. The van der Waals surface area contributed by atoms with Crippen LogP contribution in [0.3, 0.4) is 0 Å². The van der Waals surface area contributed by atoms with Crippen LogP contribution in [0.25, 0.3) is 0 Å². The maximum absolute atomic E-state index is 9.63. The fourth-order valence-electron chi connectivity index (χ4n) is 2.97. The molecule has 86 valence electrons. The van der Waals surface area contributed by atoms with E-state index >= 15 is 0 Å². The van der Waals surface area contributed by atoms with Crippen molar-refractivity contribution in [3.8, 4) is 0 Å². The summed E-state index contributed by atoms with van der Waals surface area (Å²) in [6, 6.07) is 8.66. The van der Waals surface area contributed by atoms with E-state index in [4.69, 9.17) is 4.74 Å². The Bertz CT molecular complexity index is 403. The molecule has 1 N–H and O–H groups in total. The van der Waals surface area contributed by atoms with Gasteiger partial charge < -0.3 is 9.84 Å². The fraction of sp³-hybridized carbons (Fsp3) is 0.571. The van der Waals surface area contributed by atoms with Crippen LogP contribution in [0.1, 0.15) is 24.0 Å². The maximum Gasteiger partial charge on any atom is 0.0591 e. The molecule has 1 aromatic carbocycles. The molecular weight excluding hydrogens is 200 g/mol. The molecule has 0 aromatic heterocycles. The van der Waals surface area contributed by atoms with E-state index in [9.17, 15) is 5.11 Å². The van der Waals surface area contributed by atoms with Gasteiger partial charge in [0.05, 0.1) is 13.2 Å². The highest BCUT2D eigenvalue weighted by Crippen LogP contribution is 2.62. The van der Waals surface area contributed by atoms with Crippen molar-refractivity contribution in [3.63, 3.8) is 0 Å². The lowest BCUT2D eigenvalue weighted by Gasteiger charge is -2.48. The molecule has 2 aliphatic rings. The Labute approximate surface area is 96.2 Å². The molecule has 1 saturated carbocycles. The molecule has 3 rings (SSSR count). The summed E-state index contributed by atoms with van der Waals surface area (Å²) in [6.45, 7) is 3.97. The minimum atomic E-state index is 0.0910. The number of aliphatic hydroxyl groups is 1. The molecule has 0 amide bonds. The first kappa shape index (κ1) is 10.3. The standard InChI is InChI=1S/C14H18O2/c1-11-3-2-4-12(7-11)14(9-16-10-14)13(8-15)5-6-13/h2-4,7,15H,5-6,8-10H2,1H3. The number of benzene rings is 1. The van der Waals surface area contributed by atoms with Crippen LogP contribution in [0, 0.1) is 12.3 Å². The third-order valence-electron chi connectivity index (χ3n) is 4.44. The van der Waals surface area contributed by atoms with E-state index in [0.29, 0.717) is 6.61 Å². The average molecular weight is 218 g/mol.